The maximum Gasteiger partial charge on any atom is 0.264 e. The Balaban J connectivity index is 2.03. The molecule has 0 spiro atoms. The third-order valence-electron chi connectivity index (χ3n) is 6.30. The van der Waals surface area contributed by atoms with Crippen molar-refractivity contribution >= 4 is 39.1 Å². The van der Waals surface area contributed by atoms with E-state index in [1.807, 2.05) is 45.9 Å². The molecule has 0 saturated heterocycles. The topological polar surface area (TPSA) is 86.8 Å². The maximum absolute atomic E-state index is 13.9. The summed E-state index contributed by atoms with van der Waals surface area (Å²) in [6.07, 6.45) is 0. The quantitative estimate of drug-likeness (QED) is 0.326. The molecule has 0 aliphatic heterocycles. The lowest BCUT2D eigenvalue weighted by atomic mass is 10.0. The minimum Gasteiger partial charge on any atom is -0.352 e. The average Bonchev–Trinajstić information content (AvgIpc) is 2.90. The Bertz CT molecular complexity index is 1380. The summed E-state index contributed by atoms with van der Waals surface area (Å²) in [4.78, 5) is 28.3. The molecule has 0 fully saturated rings. The molecule has 3 aromatic rings. The number of halogens is 1. The molecule has 0 radical (unpaired) electrons. The van der Waals surface area contributed by atoms with E-state index < -0.39 is 28.5 Å². The van der Waals surface area contributed by atoms with Gasteiger partial charge in [-0.15, -0.1) is 0 Å². The molecule has 0 aromatic heterocycles. The number of nitrogens with one attached hydrogen (secondary N) is 1. The SMILES string of the molecule is CC(C)NC(=O)[C@@H](C)N(Cc1cccc(Cl)c1)C(=O)CN(c1ccc(C(C)C)cc1)S(=O)(=O)c1ccccc1. The summed E-state index contributed by atoms with van der Waals surface area (Å²) in [6.45, 7) is 9.00. The number of carbonyl (C=O) groups is 2. The molecule has 0 unspecified atom stereocenters. The summed E-state index contributed by atoms with van der Waals surface area (Å²) < 4.78 is 28.7. The van der Waals surface area contributed by atoms with Crippen LogP contribution in [-0.2, 0) is 26.2 Å². The monoisotopic (exact) mass is 569 g/mol. The third kappa shape index (κ3) is 7.83. The average molecular weight is 570 g/mol. The molecule has 39 heavy (non-hydrogen) atoms. The molecule has 9 heteroatoms. The van der Waals surface area contributed by atoms with Crippen molar-refractivity contribution in [2.75, 3.05) is 10.8 Å². The van der Waals surface area contributed by atoms with Gasteiger partial charge >= 0.3 is 0 Å². The minimum atomic E-state index is -4.10. The number of carbonyl (C=O) groups excluding carboxylic acids is 2. The first-order valence-electron chi connectivity index (χ1n) is 12.9. The highest BCUT2D eigenvalue weighted by Gasteiger charge is 2.32. The molecule has 7 nitrogen and oxygen atoms in total. The van der Waals surface area contributed by atoms with Crippen LogP contribution in [-0.4, -0.2) is 43.8 Å². The van der Waals surface area contributed by atoms with Crippen molar-refractivity contribution in [1.29, 1.82) is 0 Å². The van der Waals surface area contributed by atoms with Crippen LogP contribution in [0, 0.1) is 0 Å². The Morgan fingerprint density at radius 3 is 2.08 bits per heavy atom. The molecule has 0 bridgehead atoms. The first kappa shape index (κ1) is 30.2. The van der Waals surface area contributed by atoms with Crippen molar-refractivity contribution in [2.45, 2.75) is 64.1 Å². The van der Waals surface area contributed by atoms with Gasteiger partial charge in [-0.3, -0.25) is 13.9 Å². The number of rotatable bonds is 11. The number of benzene rings is 3. The summed E-state index contributed by atoms with van der Waals surface area (Å²) in [5.41, 5.74) is 2.13. The Kier molecular flexibility index (Phi) is 10.2. The van der Waals surface area contributed by atoms with Gasteiger partial charge in [0.1, 0.15) is 12.6 Å². The van der Waals surface area contributed by atoms with Crippen molar-refractivity contribution in [3.63, 3.8) is 0 Å². The molecule has 208 valence electrons. The Morgan fingerprint density at radius 2 is 1.51 bits per heavy atom. The van der Waals surface area contributed by atoms with Crippen LogP contribution in [0.2, 0.25) is 5.02 Å². The second-order valence-corrected chi connectivity index (χ2v) is 12.4. The van der Waals surface area contributed by atoms with E-state index in [2.05, 4.69) is 5.32 Å². The van der Waals surface area contributed by atoms with Gasteiger partial charge in [-0.25, -0.2) is 8.42 Å². The summed E-state index contributed by atoms with van der Waals surface area (Å²) in [5, 5.41) is 3.34. The normalized spacial score (nSPS) is 12.3. The van der Waals surface area contributed by atoms with E-state index in [0.29, 0.717) is 10.7 Å². The fourth-order valence-electron chi connectivity index (χ4n) is 4.09. The molecule has 3 aromatic carbocycles. The fraction of sp³-hybridized carbons (Fsp3) is 0.333. The van der Waals surface area contributed by atoms with Crippen LogP contribution in [0.5, 0.6) is 0 Å². The fourth-order valence-corrected chi connectivity index (χ4v) is 5.74. The van der Waals surface area contributed by atoms with E-state index in [0.717, 1.165) is 15.4 Å². The molecular formula is C30H36ClN3O4S. The predicted octanol–water partition coefficient (Wildman–Crippen LogP) is 5.60. The number of sulfonamides is 1. The van der Waals surface area contributed by atoms with Gasteiger partial charge in [0, 0.05) is 17.6 Å². The summed E-state index contributed by atoms with van der Waals surface area (Å²) in [7, 11) is -4.10. The predicted molar refractivity (Wildman–Crippen MR) is 156 cm³/mol. The maximum atomic E-state index is 13.9. The number of hydrogen-bond donors (Lipinski definition) is 1. The number of nitrogens with zero attached hydrogens (tertiary/aromatic N) is 2. The number of anilines is 1. The minimum absolute atomic E-state index is 0.0673. The van der Waals surface area contributed by atoms with Crippen LogP contribution < -0.4 is 9.62 Å². The van der Waals surface area contributed by atoms with Crippen LogP contribution in [0.15, 0.2) is 83.8 Å². The van der Waals surface area contributed by atoms with Gasteiger partial charge in [0.25, 0.3) is 10.0 Å². The zero-order valence-corrected chi connectivity index (χ0v) is 24.5. The van der Waals surface area contributed by atoms with E-state index in [4.69, 9.17) is 11.6 Å². The van der Waals surface area contributed by atoms with E-state index in [1.54, 1.807) is 55.5 Å². The highest BCUT2D eigenvalue weighted by atomic mass is 35.5. The van der Waals surface area contributed by atoms with E-state index >= 15 is 0 Å². The van der Waals surface area contributed by atoms with Crippen molar-refractivity contribution in [2.24, 2.45) is 0 Å². The van der Waals surface area contributed by atoms with Gasteiger partial charge in [0.15, 0.2) is 0 Å². The number of amides is 2. The molecule has 0 aliphatic carbocycles. The van der Waals surface area contributed by atoms with Crippen LogP contribution in [0.3, 0.4) is 0 Å². The summed E-state index contributed by atoms with van der Waals surface area (Å²) in [5.74, 6) is -0.596. The van der Waals surface area contributed by atoms with Crippen molar-refractivity contribution in [1.82, 2.24) is 10.2 Å². The van der Waals surface area contributed by atoms with Crippen molar-refractivity contribution in [3.8, 4) is 0 Å². The van der Waals surface area contributed by atoms with Gasteiger partial charge < -0.3 is 10.2 Å². The summed E-state index contributed by atoms with van der Waals surface area (Å²) >= 11 is 6.18. The molecule has 1 atom stereocenters. The lowest BCUT2D eigenvalue weighted by Gasteiger charge is -2.32. The second kappa shape index (κ2) is 13.1. The molecule has 1 N–H and O–H groups in total. The van der Waals surface area contributed by atoms with E-state index in [9.17, 15) is 18.0 Å². The first-order valence-corrected chi connectivity index (χ1v) is 14.7. The van der Waals surface area contributed by atoms with Gasteiger partial charge in [-0.2, -0.15) is 0 Å². The van der Waals surface area contributed by atoms with E-state index in [-0.39, 0.29) is 29.3 Å². The molecule has 2 amide bonds. The summed E-state index contributed by atoms with van der Waals surface area (Å²) in [6, 6.07) is 21.2. The van der Waals surface area contributed by atoms with Gasteiger partial charge in [-0.05, 0) is 74.2 Å². The highest BCUT2D eigenvalue weighted by Crippen LogP contribution is 2.26. The van der Waals surface area contributed by atoms with Crippen LogP contribution in [0.25, 0.3) is 0 Å². The van der Waals surface area contributed by atoms with Crippen LogP contribution in [0.1, 0.15) is 51.7 Å². The Hall–Kier alpha value is -3.36. The van der Waals surface area contributed by atoms with Gasteiger partial charge in [0.05, 0.1) is 10.6 Å². The molecule has 0 heterocycles. The van der Waals surface area contributed by atoms with Crippen molar-refractivity contribution in [3.05, 3.63) is 95.0 Å². The third-order valence-corrected chi connectivity index (χ3v) is 8.32. The second-order valence-electron chi connectivity index (χ2n) is 10.1. The lowest BCUT2D eigenvalue weighted by molar-refractivity contribution is -0.139. The molecule has 0 aliphatic rings. The highest BCUT2D eigenvalue weighted by molar-refractivity contribution is 7.92. The Morgan fingerprint density at radius 1 is 0.872 bits per heavy atom. The number of hydrogen-bond acceptors (Lipinski definition) is 4. The van der Waals surface area contributed by atoms with Gasteiger partial charge in [-0.1, -0.05) is 67.9 Å². The zero-order chi connectivity index (χ0) is 28.7. The standard InChI is InChI=1S/C30H36ClN3O4S/c1-21(2)25-14-16-27(17-15-25)34(39(37,38)28-12-7-6-8-13-28)20-29(35)33(23(5)30(36)32-22(3)4)19-24-10-9-11-26(31)18-24/h6-18,21-23H,19-20H2,1-5H3,(H,32,36)/t23-/m1/s1. The van der Waals surface area contributed by atoms with Gasteiger partial charge in [0.2, 0.25) is 11.8 Å². The van der Waals surface area contributed by atoms with Crippen LogP contribution in [0.4, 0.5) is 5.69 Å². The molecule has 0 saturated carbocycles. The van der Waals surface area contributed by atoms with E-state index in [1.165, 1.54) is 17.0 Å². The molecular weight excluding hydrogens is 534 g/mol. The van der Waals surface area contributed by atoms with Crippen LogP contribution >= 0.6 is 11.6 Å². The Labute approximate surface area is 236 Å². The molecule has 3 rings (SSSR count). The zero-order valence-electron chi connectivity index (χ0n) is 23.0. The van der Waals surface area contributed by atoms with Crippen molar-refractivity contribution < 1.29 is 18.0 Å². The smallest absolute Gasteiger partial charge is 0.264 e. The lowest BCUT2D eigenvalue weighted by Crippen LogP contribution is -2.52. The first-order chi connectivity index (χ1) is 18.4. The largest absolute Gasteiger partial charge is 0.352 e.